The van der Waals surface area contributed by atoms with Crippen LogP contribution in [-0.2, 0) is 6.54 Å². The fourth-order valence-corrected chi connectivity index (χ4v) is 1.98. The van der Waals surface area contributed by atoms with Crippen molar-refractivity contribution in [2.45, 2.75) is 6.54 Å². The number of benzene rings is 1. The molecule has 0 radical (unpaired) electrons. The summed E-state index contributed by atoms with van der Waals surface area (Å²) in [5.41, 5.74) is 0.636. The Morgan fingerprint density at radius 1 is 1.28 bits per heavy atom. The molecule has 1 aromatic carbocycles. The summed E-state index contributed by atoms with van der Waals surface area (Å²) in [6, 6.07) is 9.75. The molecule has 0 saturated carbocycles. The maximum Gasteiger partial charge on any atom is 0.264 e. The van der Waals surface area contributed by atoms with Crippen molar-refractivity contribution in [3.05, 3.63) is 63.2 Å². The molecule has 0 aliphatic heterocycles. The SMILES string of the molecule is O=c1c(Br)cccn1CCNc1cccc(F)c1. The third-order valence-corrected chi connectivity index (χ3v) is 3.08. The predicted molar refractivity (Wildman–Crippen MR) is 73.3 cm³/mol. The number of pyridine rings is 1. The molecular weight excluding hydrogens is 299 g/mol. The van der Waals surface area contributed by atoms with Gasteiger partial charge >= 0.3 is 0 Å². The van der Waals surface area contributed by atoms with Crippen LogP contribution in [0.4, 0.5) is 10.1 Å². The van der Waals surface area contributed by atoms with E-state index in [1.807, 2.05) is 0 Å². The fraction of sp³-hybridized carbons (Fsp3) is 0.154. The standard InChI is InChI=1S/C13H12BrFN2O/c14-12-5-2-7-17(13(12)18)8-6-16-11-4-1-3-10(15)9-11/h1-5,7,9,16H,6,8H2. The first-order chi connectivity index (χ1) is 8.66. The van der Waals surface area contributed by atoms with E-state index in [0.29, 0.717) is 23.2 Å². The predicted octanol–water partition coefficient (Wildman–Crippen LogP) is 2.86. The molecule has 94 valence electrons. The van der Waals surface area contributed by atoms with Crippen molar-refractivity contribution >= 4 is 21.6 Å². The molecule has 1 heterocycles. The van der Waals surface area contributed by atoms with E-state index in [4.69, 9.17) is 0 Å². The minimum Gasteiger partial charge on any atom is -0.383 e. The number of anilines is 1. The quantitative estimate of drug-likeness (QED) is 0.942. The van der Waals surface area contributed by atoms with Gasteiger partial charge < -0.3 is 9.88 Å². The van der Waals surface area contributed by atoms with Gasteiger partial charge in [0, 0.05) is 25.0 Å². The van der Waals surface area contributed by atoms with Crippen LogP contribution < -0.4 is 10.9 Å². The topological polar surface area (TPSA) is 34.0 Å². The van der Waals surface area contributed by atoms with Gasteiger partial charge in [0.15, 0.2) is 0 Å². The second-order valence-electron chi connectivity index (χ2n) is 3.79. The molecular formula is C13H12BrFN2O. The molecule has 18 heavy (non-hydrogen) atoms. The Morgan fingerprint density at radius 3 is 2.89 bits per heavy atom. The van der Waals surface area contributed by atoms with Gasteiger partial charge in [-0.25, -0.2) is 4.39 Å². The number of halogens is 2. The fourth-order valence-electron chi connectivity index (χ4n) is 1.60. The van der Waals surface area contributed by atoms with E-state index in [1.165, 1.54) is 12.1 Å². The van der Waals surface area contributed by atoms with Crippen LogP contribution in [0, 0.1) is 5.82 Å². The van der Waals surface area contributed by atoms with E-state index in [2.05, 4.69) is 21.2 Å². The zero-order chi connectivity index (χ0) is 13.0. The number of nitrogens with one attached hydrogen (secondary N) is 1. The summed E-state index contributed by atoms with van der Waals surface area (Å²) in [7, 11) is 0. The van der Waals surface area contributed by atoms with Crippen molar-refractivity contribution in [2.24, 2.45) is 0 Å². The molecule has 1 N–H and O–H groups in total. The second kappa shape index (κ2) is 5.82. The van der Waals surface area contributed by atoms with Gasteiger partial charge in [-0.2, -0.15) is 0 Å². The van der Waals surface area contributed by atoms with Crippen LogP contribution in [0.15, 0.2) is 51.9 Å². The number of aromatic nitrogens is 1. The Kier molecular flexibility index (Phi) is 4.15. The van der Waals surface area contributed by atoms with Gasteiger partial charge in [-0.05, 0) is 46.3 Å². The molecule has 0 atom stereocenters. The van der Waals surface area contributed by atoms with E-state index < -0.39 is 0 Å². The number of hydrogen-bond acceptors (Lipinski definition) is 2. The van der Waals surface area contributed by atoms with Gasteiger partial charge in [0.25, 0.3) is 5.56 Å². The summed E-state index contributed by atoms with van der Waals surface area (Å²) in [6.45, 7) is 1.08. The molecule has 0 amide bonds. The van der Waals surface area contributed by atoms with Gasteiger partial charge in [-0.3, -0.25) is 4.79 Å². The van der Waals surface area contributed by atoms with Crippen molar-refractivity contribution in [1.82, 2.24) is 4.57 Å². The Hall–Kier alpha value is -1.62. The molecule has 1 aromatic heterocycles. The summed E-state index contributed by atoms with van der Waals surface area (Å²) >= 11 is 3.19. The monoisotopic (exact) mass is 310 g/mol. The molecule has 0 aliphatic rings. The smallest absolute Gasteiger partial charge is 0.264 e. The van der Waals surface area contributed by atoms with Gasteiger partial charge in [-0.15, -0.1) is 0 Å². The molecule has 0 saturated heterocycles. The van der Waals surface area contributed by atoms with E-state index in [-0.39, 0.29) is 11.4 Å². The van der Waals surface area contributed by atoms with Gasteiger partial charge in [-0.1, -0.05) is 6.07 Å². The molecule has 2 aromatic rings. The first kappa shape index (κ1) is 12.8. The zero-order valence-electron chi connectivity index (χ0n) is 9.57. The molecule has 0 spiro atoms. The molecule has 0 aliphatic carbocycles. The van der Waals surface area contributed by atoms with Crippen LogP contribution in [0.3, 0.4) is 0 Å². The van der Waals surface area contributed by atoms with Gasteiger partial charge in [0.1, 0.15) is 5.82 Å². The third kappa shape index (κ3) is 3.20. The van der Waals surface area contributed by atoms with Crippen molar-refractivity contribution in [3.63, 3.8) is 0 Å². The van der Waals surface area contributed by atoms with Gasteiger partial charge in [0.05, 0.1) is 4.47 Å². The van der Waals surface area contributed by atoms with Gasteiger partial charge in [0.2, 0.25) is 0 Å². The van der Waals surface area contributed by atoms with Crippen LogP contribution in [-0.4, -0.2) is 11.1 Å². The Labute approximate surface area is 112 Å². The summed E-state index contributed by atoms with van der Waals surface area (Å²) in [5.74, 6) is -0.278. The van der Waals surface area contributed by atoms with Crippen LogP contribution in [0.1, 0.15) is 0 Å². The first-order valence-corrected chi connectivity index (χ1v) is 6.30. The maximum atomic E-state index is 12.9. The lowest BCUT2D eigenvalue weighted by atomic mass is 10.3. The molecule has 2 rings (SSSR count). The first-order valence-electron chi connectivity index (χ1n) is 5.51. The van der Waals surface area contributed by atoms with Crippen molar-refractivity contribution in [2.75, 3.05) is 11.9 Å². The Morgan fingerprint density at radius 2 is 2.11 bits per heavy atom. The highest BCUT2D eigenvalue weighted by atomic mass is 79.9. The van der Waals surface area contributed by atoms with Crippen LogP contribution in [0.2, 0.25) is 0 Å². The van der Waals surface area contributed by atoms with Crippen LogP contribution in [0.5, 0.6) is 0 Å². The molecule has 0 unspecified atom stereocenters. The minimum absolute atomic E-state index is 0.0708. The molecule has 0 fully saturated rings. The molecule has 5 heteroatoms. The maximum absolute atomic E-state index is 12.9. The summed E-state index contributed by atoms with van der Waals surface area (Å²) in [5, 5.41) is 3.07. The third-order valence-electron chi connectivity index (χ3n) is 2.48. The highest BCUT2D eigenvalue weighted by molar-refractivity contribution is 9.10. The normalized spacial score (nSPS) is 10.3. The number of rotatable bonds is 4. The van der Waals surface area contributed by atoms with E-state index in [9.17, 15) is 9.18 Å². The average molecular weight is 311 g/mol. The van der Waals surface area contributed by atoms with Crippen molar-refractivity contribution in [3.8, 4) is 0 Å². The number of nitrogens with zero attached hydrogens (tertiary/aromatic N) is 1. The number of hydrogen-bond donors (Lipinski definition) is 1. The average Bonchev–Trinajstić information content (AvgIpc) is 2.35. The lowest BCUT2D eigenvalue weighted by Gasteiger charge is -2.08. The van der Waals surface area contributed by atoms with Crippen LogP contribution >= 0.6 is 15.9 Å². The largest absolute Gasteiger partial charge is 0.383 e. The molecule has 3 nitrogen and oxygen atoms in total. The Balaban J connectivity index is 1.97. The second-order valence-corrected chi connectivity index (χ2v) is 4.65. The molecule has 0 bridgehead atoms. The highest BCUT2D eigenvalue weighted by Crippen LogP contribution is 2.08. The summed E-state index contributed by atoms with van der Waals surface area (Å²) in [6.07, 6.45) is 1.72. The minimum atomic E-state index is -0.278. The zero-order valence-corrected chi connectivity index (χ0v) is 11.2. The highest BCUT2D eigenvalue weighted by Gasteiger charge is 1.99. The Bertz CT molecular complexity index is 598. The van der Waals surface area contributed by atoms with Crippen molar-refractivity contribution in [1.29, 1.82) is 0 Å². The summed E-state index contributed by atoms with van der Waals surface area (Å²) in [4.78, 5) is 11.7. The van der Waals surface area contributed by atoms with E-state index in [1.54, 1.807) is 35.0 Å². The lowest BCUT2D eigenvalue weighted by Crippen LogP contribution is -2.23. The van der Waals surface area contributed by atoms with Crippen molar-refractivity contribution < 1.29 is 4.39 Å². The summed E-state index contributed by atoms with van der Waals surface area (Å²) < 4.78 is 15.1. The van der Waals surface area contributed by atoms with E-state index >= 15 is 0 Å². The van der Waals surface area contributed by atoms with Crippen LogP contribution in [0.25, 0.3) is 0 Å². The van der Waals surface area contributed by atoms with E-state index in [0.717, 1.165) is 0 Å². The lowest BCUT2D eigenvalue weighted by molar-refractivity contribution is 0.627.